The van der Waals surface area contributed by atoms with Gasteiger partial charge in [0.15, 0.2) is 0 Å². The fourth-order valence-corrected chi connectivity index (χ4v) is 2.14. The van der Waals surface area contributed by atoms with Gasteiger partial charge in [0.05, 0.1) is 12.2 Å². The zero-order chi connectivity index (χ0) is 11.4. The van der Waals surface area contributed by atoms with E-state index >= 15 is 0 Å². The molecule has 1 aromatic rings. The maximum atomic E-state index is 4.46. The topological polar surface area (TPSA) is 33.1 Å². The maximum absolute atomic E-state index is 4.46. The number of hydrogen-bond acceptors (Lipinski definition) is 3. The Hall–Kier alpha value is -0.870. The first kappa shape index (κ1) is 11.6. The van der Waals surface area contributed by atoms with E-state index in [1.165, 1.54) is 12.0 Å². The number of rotatable bonds is 6. The van der Waals surface area contributed by atoms with Gasteiger partial charge in [0.2, 0.25) is 0 Å². The minimum absolute atomic E-state index is 0.609. The molecule has 1 aromatic heterocycles. The molecule has 0 unspecified atom stereocenters. The lowest BCUT2D eigenvalue weighted by atomic mass is 10.1. The molecule has 1 N–H and O–H groups in total. The van der Waals surface area contributed by atoms with E-state index < -0.39 is 0 Å². The molecule has 0 saturated carbocycles. The summed E-state index contributed by atoms with van der Waals surface area (Å²) in [7, 11) is 2.00. The Labute approximate surface area is 97.6 Å². The zero-order valence-electron chi connectivity index (χ0n) is 10.3. The molecule has 0 amide bonds. The van der Waals surface area contributed by atoms with E-state index in [0.29, 0.717) is 6.04 Å². The number of hydrogen-bond donors (Lipinski definition) is 1. The van der Waals surface area contributed by atoms with Crippen LogP contribution in [0.25, 0.3) is 0 Å². The molecular formula is C12H22N4. The van der Waals surface area contributed by atoms with Crippen molar-refractivity contribution in [1.82, 2.24) is 20.0 Å². The number of likely N-dealkylation sites (tertiary alicyclic amines) is 1. The minimum Gasteiger partial charge on any atom is -0.320 e. The van der Waals surface area contributed by atoms with Gasteiger partial charge in [0, 0.05) is 19.3 Å². The van der Waals surface area contributed by atoms with Crippen LogP contribution in [0, 0.1) is 0 Å². The molecule has 0 radical (unpaired) electrons. The van der Waals surface area contributed by atoms with Gasteiger partial charge >= 0.3 is 0 Å². The predicted molar refractivity (Wildman–Crippen MR) is 65.6 cm³/mol. The van der Waals surface area contributed by atoms with Crippen LogP contribution in [0.2, 0.25) is 0 Å². The number of likely N-dealkylation sites (N-methyl/N-ethyl adjacent to an activating group) is 1. The highest BCUT2D eigenvalue weighted by molar-refractivity contribution is 5.05. The lowest BCUT2D eigenvalue weighted by molar-refractivity contribution is 0.105. The van der Waals surface area contributed by atoms with Crippen LogP contribution in [0.5, 0.6) is 0 Å². The molecule has 16 heavy (non-hydrogen) atoms. The molecule has 0 spiro atoms. The Bertz CT molecular complexity index is 315. The molecule has 0 aromatic carbocycles. The first-order chi connectivity index (χ1) is 7.83. The highest BCUT2D eigenvalue weighted by atomic mass is 15.4. The predicted octanol–water partition coefficient (Wildman–Crippen LogP) is 0.912. The van der Waals surface area contributed by atoms with Crippen LogP contribution in [0.4, 0.5) is 0 Å². The van der Waals surface area contributed by atoms with Crippen molar-refractivity contribution in [2.45, 2.75) is 25.8 Å². The minimum atomic E-state index is 0.609. The van der Waals surface area contributed by atoms with Crippen LogP contribution in [-0.2, 0) is 6.42 Å². The van der Waals surface area contributed by atoms with Gasteiger partial charge in [-0.05, 0) is 38.5 Å². The smallest absolute Gasteiger partial charge is 0.0772 e. The van der Waals surface area contributed by atoms with E-state index in [4.69, 9.17) is 0 Å². The van der Waals surface area contributed by atoms with Crippen LogP contribution in [0.15, 0.2) is 12.4 Å². The highest BCUT2D eigenvalue weighted by Gasteiger charge is 2.26. The van der Waals surface area contributed by atoms with Crippen molar-refractivity contribution in [2.24, 2.45) is 0 Å². The average molecular weight is 222 g/mol. The first-order valence-corrected chi connectivity index (χ1v) is 6.23. The quantitative estimate of drug-likeness (QED) is 0.726. The summed E-state index contributed by atoms with van der Waals surface area (Å²) in [6, 6.07) is 0.609. The van der Waals surface area contributed by atoms with Gasteiger partial charge in [0.25, 0.3) is 0 Å². The van der Waals surface area contributed by atoms with Crippen molar-refractivity contribution in [3.05, 3.63) is 18.0 Å². The highest BCUT2D eigenvalue weighted by Crippen LogP contribution is 2.20. The molecule has 1 aliphatic heterocycles. The summed E-state index contributed by atoms with van der Waals surface area (Å²) in [5, 5.41) is 7.62. The first-order valence-electron chi connectivity index (χ1n) is 6.23. The molecule has 0 aliphatic carbocycles. The molecule has 1 saturated heterocycles. The second-order valence-electron chi connectivity index (χ2n) is 4.54. The second kappa shape index (κ2) is 5.46. The van der Waals surface area contributed by atoms with Crippen molar-refractivity contribution in [3.63, 3.8) is 0 Å². The molecule has 4 heteroatoms. The molecule has 0 bridgehead atoms. The number of nitrogens with zero attached hydrogens (tertiary/aromatic N) is 3. The number of aromatic nitrogens is 2. The summed E-state index contributed by atoms with van der Waals surface area (Å²) < 4.78 is 2.14. The van der Waals surface area contributed by atoms with Crippen LogP contribution in [-0.4, -0.2) is 47.9 Å². The standard InChI is InChI=1S/C12H22N4/c1-3-15-9-12(10-15)16-8-11(7-14-16)5-4-6-13-2/h7-8,12-13H,3-6,9-10H2,1-2H3. The SMILES string of the molecule is CCN1CC(n2cc(CCCNC)cn2)C1. The van der Waals surface area contributed by atoms with Gasteiger partial charge < -0.3 is 5.32 Å². The summed E-state index contributed by atoms with van der Waals surface area (Å²) in [5.74, 6) is 0. The average Bonchev–Trinajstić information content (AvgIpc) is 2.65. The largest absolute Gasteiger partial charge is 0.320 e. The molecule has 2 rings (SSSR count). The Morgan fingerprint density at radius 2 is 2.31 bits per heavy atom. The normalized spacial score (nSPS) is 17.6. The molecule has 1 fully saturated rings. The third kappa shape index (κ3) is 2.62. The van der Waals surface area contributed by atoms with Gasteiger partial charge in [-0.15, -0.1) is 0 Å². The van der Waals surface area contributed by atoms with E-state index in [9.17, 15) is 0 Å². The summed E-state index contributed by atoms with van der Waals surface area (Å²) in [6.45, 7) is 6.77. The van der Waals surface area contributed by atoms with Gasteiger partial charge in [-0.25, -0.2) is 0 Å². The lowest BCUT2D eigenvalue weighted by Crippen LogP contribution is -2.47. The van der Waals surface area contributed by atoms with Crippen molar-refractivity contribution < 1.29 is 0 Å². The Balaban J connectivity index is 1.79. The molecule has 0 atom stereocenters. The molecule has 4 nitrogen and oxygen atoms in total. The molecular weight excluding hydrogens is 200 g/mol. The zero-order valence-corrected chi connectivity index (χ0v) is 10.3. The Morgan fingerprint density at radius 1 is 1.50 bits per heavy atom. The second-order valence-corrected chi connectivity index (χ2v) is 4.54. The summed E-state index contributed by atoms with van der Waals surface area (Å²) >= 11 is 0. The van der Waals surface area contributed by atoms with E-state index in [1.807, 2.05) is 13.2 Å². The third-order valence-corrected chi connectivity index (χ3v) is 3.31. The molecule has 90 valence electrons. The summed E-state index contributed by atoms with van der Waals surface area (Å²) in [5.41, 5.74) is 1.37. The van der Waals surface area contributed by atoms with Crippen LogP contribution in [0.3, 0.4) is 0 Å². The van der Waals surface area contributed by atoms with Crippen LogP contribution < -0.4 is 5.32 Å². The Morgan fingerprint density at radius 3 is 3.00 bits per heavy atom. The van der Waals surface area contributed by atoms with E-state index in [0.717, 1.165) is 32.6 Å². The fraction of sp³-hybridized carbons (Fsp3) is 0.750. The lowest BCUT2D eigenvalue weighted by Gasteiger charge is -2.38. The van der Waals surface area contributed by atoms with E-state index in [-0.39, 0.29) is 0 Å². The summed E-state index contributed by atoms with van der Waals surface area (Å²) in [4.78, 5) is 2.44. The number of aryl methyl sites for hydroxylation is 1. The van der Waals surface area contributed by atoms with Crippen molar-refractivity contribution in [3.8, 4) is 0 Å². The van der Waals surface area contributed by atoms with Gasteiger partial charge in [-0.2, -0.15) is 5.10 Å². The van der Waals surface area contributed by atoms with Crippen molar-refractivity contribution in [1.29, 1.82) is 0 Å². The third-order valence-electron chi connectivity index (χ3n) is 3.31. The van der Waals surface area contributed by atoms with Crippen LogP contribution >= 0.6 is 0 Å². The van der Waals surface area contributed by atoms with Gasteiger partial charge in [-0.1, -0.05) is 6.92 Å². The van der Waals surface area contributed by atoms with Crippen molar-refractivity contribution in [2.75, 3.05) is 33.2 Å². The molecule has 2 heterocycles. The van der Waals surface area contributed by atoms with Gasteiger partial charge in [0.1, 0.15) is 0 Å². The Kier molecular flexibility index (Phi) is 3.96. The van der Waals surface area contributed by atoms with Crippen LogP contribution in [0.1, 0.15) is 24.9 Å². The van der Waals surface area contributed by atoms with E-state index in [1.54, 1.807) is 0 Å². The maximum Gasteiger partial charge on any atom is 0.0772 e. The van der Waals surface area contributed by atoms with Gasteiger partial charge in [-0.3, -0.25) is 9.58 Å². The van der Waals surface area contributed by atoms with Crippen molar-refractivity contribution >= 4 is 0 Å². The molecule has 1 aliphatic rings. The number of nitrogens with one attached hydrogen (secondary N) is 1. The fourth-order valence-electron chi connectivity index (χ4n) is 2.14. The summed E-state index contributed by atoms with van der Waals surface area (Å²) in [6.07, 6.45) is 6.55. The van der Waals surface area contributed by atoms with E-state index in [2.05, 4.69) is 33.1 Å². The monoisotopic (exact) mass is 222 g/mol.